The number of aromatic nitrogens is 1. The van der Waals surface area contributed by atoms with E-state index in [4.69, 9.17) is 4.42 Å². The van der Waals surface area contributed by atoms with Gasteiger partial charge in [-0.25, -0.2) is 0 Å². The van der Waals surface area contributed by atoms with Crippen LogP contribution < -0.4 is 0 Å². The molecule has 0 aliphatic carbocycles. The molecule has 0 saturated carbocycles. The van der Waals surface area contributed by atoms with Crippen molar-refractivity contribution >= 4 is 66.3 Å². The van der Waals surface area contributed by atoms with Crippen molar-refractivity contribution in [1.29, 1.82) is 0 Å². The van der Waals surface area contributed by atoms with Crippen molar-refractivity contribution in [2.75, 3.05) is 0 Å². The van der Waals surface area contributed by atoms with Gasteiger partial charge in [-0.15, -0.1) is 0 Å². The van der Waals surface area contributed by atoms with Gasteiger partial charge < -0.3 is 8.98 Å². The van der Waals surface area contributed by atoms with Gasteiger partial charge in [-0.1, -0.05) is 36.4 Å². The van der Waals surface area contributed by atoms with E-state index < -0.39 is 0 Å². The number of halogens is 1. The lowest BCUT2D eigenvalue weighted by atomic mass is 10.1. The minimum absolute atomic E-state index is 0.926. The van der Waals surface area contributed by atoms with Crippen molar-refractivity contribution < 1.29 is 4.42 Å². The van der Waals surface area contributed by atoms with Crippen molar-refractivity contribution in [1.82, 2.24) is 4.57 Å². The first-order valence-corrected chi connectivity index (χ1v) is 9.98. The molecule has 0 amide bonds. The molecule has 4 aromatic carbocycles. The third-order valence-electron chi connectivity index (χ3n) is 5.25. The molecule has 3 heteroatoms. The number of benzene rings is 4. The fourth-order valence-electron chi connectivity index (χ4n) is 4.08. The highest BCUT2D eigenvalue weighted by atomic mass is 127. The monoisotopic (exact) mass is 459 g/mol. The first kappa shape index (κ1) is 15.3. The smallest absolute Gasteiger partial charge is 0.135 e. The Morgan fingerprint density at radius 2 is 1.33 bits per heavy atom. The Morgan fingerprint density at radius 1 is 0.593 bits per heavy atom. The molecule has 0 N–H and O–H groups in total. The van der Waals surface area contributed by atoms with E-state index in [9.17, 15) is 0 Å². The van der Waals surface area contributed by atoms with E-state index in [-0.39, 0.29) is 0 Å². The van der Waals surface area contributed by atoms with E-state index >= 15 is 0 Å². The third kappa shape index (κ3) is 2.18. The number of hydrogen-bond donors (Lipinski definition) is 0. The highest BCUT2D eigenvalue weighted by Gasteiger charge is 2.14. The van der Waals surface area contributed by atoms with Gasteiger partial charge in [-0.05, 0) is 71.1 Å². The molecule has 0 atom stereocenters. The zero-order chi connectivity index (χ0) is 18.0. The maximum absolute atomic E-state index is 6.01. The maximum atomic E-state index is 6.01. The van der Waals surface area contributed by atoms with Crippen LogP contribution in [0.1, 0.15) is 0 Å². The van der Waals surface area contributed by atoms with Crippen molar-refractivity contribution in [2.24, 2.45) is 0 Å². The van der Waals surface area contributed by atoms with Crippen LogP contribution in [0.2, 0.25) is 0 Å². The van der Waals surface area contributed by atoms with Crippen molar-refractivity contribution in [3.63, 3.8) is 0 Å². The summed E-state index contributed by atoms with van der Waals surface area (Å²) in [6.07, 6.45) is 0. The van der Waals surface area contributed by atoms with Crippen LogP contribution in [0.3, 0.4) is 0 Å². The summed E-state index contributed by atoms with van der Waals surface area (Å²) in [5, 5.41) is 4.88. The van der Waals surface area contributed by atoms with Gasteiger partial charge >= 0.3 is 0 Å². The Kier molecular flexibility index (Phi) is 3.17. The molecular weight excluding hydrogens is 445 g/mol. The third-order valence-corrected chi connectivity index (χ3v) is 5.92. The fraction of sp³-hybridized carbons (Fsp3) is 0. The number of furan rings is 1. The molecule has 27 heavy (non-hydrogen) atoms. The summed E-state index contributed by atoms with van der Waals surface area (Å²) >= 11 is 2.38. The topological polar surface area (TPSA) is 18.1 Å². The number of fused-ring (bicyclic) bond motifs is 6. The quantitative estimate of drug-likeness (QED) is 0.236. The summed E-state index contributed by atoms with van der Waals surface area (Å²) < 4.78 is 9.60. The van der Waals surface area contributed by atoms with E-state index in [1.807, 2.05) is 12.1 Å². The molecule has 6 rings (SSSR count). The summed E-state index contributed by atoms with van der Waals surface area (Å²) in [6.45, 7) is 0. The maximum Gasteiger partial charge on any atom is 0.135 e. The minimum Gasteiger partial charge on any atom is -0.456 e. The van der Waals surface area contributed by atoms with E-state index in [0.29, 0.717) is 0 Å². The Labute approximate surface area is 169 Å². The van der Waals surface area contributed by atoms with E-state index in [1.54, 1.807) is 0 Å². The summed E-state index contributed by atoms with van der Waals surface area (Å²) in [5.74, 6) is 0. The molecule has 2 nitrogen and oxygen atoms in total. The number of nitrogens with zero attached hydrogens (tertiary/aromatic N) is 1. The van der Waals surface area contributed by atoms with Gasteiger partial charge in [0.05, 0.1) is 11.0 Å². The van der Waals surface area contributed by atoms with Gasteiger partial charge in [-0.2, -0.15) is 0 Å². The molecule has 2 heterocycles. The molecule has 0 bridgehead atoms. The predicted molar refractivity (Wildman–Crippen MR) is 121 cm³/mol. The van der Waals surface area contributed by atoms with Crippen LogP contribution in [-0.2, 0) is 0 Å². The zero-order valence-corrected chi connectivity index (χ0v) is 16.5. The highest BCUT2D eigenvalue weighted by molar-refractivity contribution is 14.1. The normalized spacial score (nSPS) is 11.9. The Hall–Kier alpha value is -2.79. The standard InChI is InChI=1S/C24H14INO/c25-15-9-11-22-19(13-15)17-5-1-3-7-21(17)26(22)16-10-12-24-20(14-16)18-6-2-4-8-23(18)27-24/h1-14H. The van der Waals surface area contributed by atoms with Crippen molar-refractivity contribution in [2.45, 2.75) is 0 Å². The zero-order valence-electron chi connectivity index (χ0n) is 14.3. The summed E-state index contributed by atoms with van der Waals surface area (Å²) in [6, 6.07) is 30.0. The molecule has 128 valence electrons. The Morgan fingerprint density at radius 3 is 2.26 bits per heavy atom. The number of rotatable bonds is 1. The van der Waals surface area contributed by atoms with Gasteiger partial charge in [0.1, 0.15) is 11.2 Å². The molecule has 6 aromatic rings. The largest absolute Gasteiger partial charge is 0.456 e. The van der Waals surface area contributed by atoms with E-state index in [0.717, 1.165) is 27.6 Å². The van der Waals surface area contributed by atoms with Crippen LogP contribution in [0.4, 0.5) is 0 Å². The van der Waals surface area contributed by atoms with Crippen LogP contribution >= 0.6 is 22.6 Å². The highest BCUT2D eigenvalue weighted by Crippen LogP contribution is 2.35. The summed E-state index contributed by atoms with van der Waals surface area (Å²) in [7, 11) is 0. The van der Waals surface area contributed by atoms with Gasteiger partial charge in [0.15, 0.2) is 0 Å². The lowest BCUT2D eigenvalue weighted by Crippen LogP contribution is -1.93. The molecule has 2 aromatic heterocycles. The molecule has 0 aliphatic heterocycles. The lowest BCUT2D eigenvalue weighted by molar-refractivity contribution is 0.669. The molecule has 0 spiro atoms. The van der Waals surface area contributed by atoms with Crippen LogP contribution in [-0.4, -0.2) is 4.57 Å². The minimum atomic E-state index is 0.926. The van der Waals surface area contributed by atoms with Crippen LogP contribution in [0, 0.1) is 3.57 Å². The summed E-state index contributed by atoms with van der Waals surface area (Å²) in [4.78, 5) is 0. The Bertz CT molecular complexity index is 1490. The second-order valence-electron chi connectivity index (χ2n) is 6.79. The van der Waals surface area contributed by atoms with Crippen LogP contribution in [0.15, 0.2) is 89.3 Å². The molecule has 0 fully saturated rings. The molecule has 0 saturated heterocycles. The van der Waals surface area contributed by atoms with Gasteiger partial charge in [0, 0.05) is 30.8 Å². The molecule has 0 radical (unpaired) electrons. The predicted octanol–water partition coefficient (Wildman–Crippen LogP) is 7.29. The second kappa shape index (κ2) is 5.60. The molecular formula is C24H14INO. The lowest BCUT2D eigenvalue weighted by Gasteiger charge is -2.08. The fourth-order valence-corrected chi connectivity index (χ4v) is 4.57. The van der Waals surface area contributed by atoms with Crippen LogP contribution in [0.25, 0.3) is 49.4 Å². The average molecular weight is 459 g/mol. The van der Waals surface area contributed by atoms with Gasteiger partial charge in [-0.3, -0.25) is 0 Å². The molecule has 0 aliphatic rings. The van der Waals surface area contributed by atoms with E-state index in [2.05, 4.69) is 100.0 Å². The summed E-state index contributed by atoms with van der Waals surface area (Å²) in [5.41, 5.74) is 5.46. The van der Waals surface area contributed by atoms with E-state index in [1.165, 1.54) is 25.4 Å². The van der Waals surface area contributed by atoms with Crippen molar-refractivity contribution in [3.8, 4) is 5.69 Å². The van der Waals surface area contributed by atoms with Crippen molar-refractivity contribution in [3.05, 3.63) is 88.5 Å². The second-order valence-corrected chi connectivity index (χ2v) is 8.04. The number of para-hydroxylation sites is 2. The molecule has 0 unspecified atom stereocenters. The number of hydrogen-bond acceptors (Lipinski definition) is 1. The van der Waals surface area contributed by atoms with Crippen LogP contribution in [0.5, 0.6) is 0 Å². The first-order chi connectivity index (χ1) is 13.3. The van der Waals surface area contributed by atoms with Gasteiger partial charge in [0.25, 0.3) is 0 Å². The Balaban J connectivity index is 1.75. The average Bonchev–Trinajstić information content (AvgIpc) is 3.23. The van der Waals surface area contributed by atoms with Gasteiger partial charge in [0.2, 0.25) is 0 Å². The first-order valence-electron chi connectivity index (χ1n) is 8.90. The SMILES string of the molecule is Ic1ccc2c(c1)c1ccccc1n2-c1ccc2oc3ccccc3c2c1.